The van der Waals surface area contributed by atoms with Gasteiger partial charge in [-0.2, -0.15) is 0 Å². The number of carbonyl (C=O) groups is 1. The summed E-state index contributed by atoms with van der Waals surface area (Å²) in [6.45, 7) is 7.73. The SMILES string of the molecule is Cc1ccc(C)c(-c2nc(C(C)C)c(C(=O)O)o2)c1. The summed E-state index contributed by atoms with van der Waals surface area (Å²) < 4.78 is 5.45. The molecule has 4 nitrogen and oxygen atoms in total. The zero-order valence-electron chi connectivity index (χ0n) is 11.5. The Hall–Kier alpha value is -2.10. The first-order valence-corrected chi connectivity index (χ1v) is 6.21. The van der Waals surface area contributed by atoms with Crippen molar-refractivity contribution in [2.75, 3.05) is 0 Å². The highest BCUT2D eigenvalue weighted by atomic mass is 16.4. The highest BCUT2D eigenvalue weighted by molar-refractivity contribution is 5.86. The fourth-order valence-corrected chi connectivity index (χ4v) is 1.96. The molecule has 0 aliphatic carbocycles. The lowest BCUT2D eigenvalue weighted by atomic mass is 10.1. The smallest absolute Gasteiger partial charge is 0.373 e. The summed E-state index contributed by atoms with van der Waals surface area (Å²) >= 11 is 0. The van der Waals surface area contributed by atoms with Gasteiger partial charge in [0.25, 0.3) is 0 Å². The van der Waals surface area contributed by atoms with Gasteiger partial charge < -0.3 is 9.52 Å². The number of oxazole rings is 1. The number of aryl methyl sites for hydroxylation is 2. The number of hydrogen-bond donors (Lipinski definition) is 1. The second-order valence-corrected chi connectivity index (χ2v) is 5.01. The van der Waals surface area contributed by atoms with Gasteiger partial charge in [-0.25, -0.2) is 9.78 Å². The first-order chi connectivity index (χ1) is 8.90. The molecule has 0 atom stereocenters. The zero-order valence-corrected chi connectivity index (χ0v) is 11.5. The van der Waals surface area contributed by atoms with E-state index in [1.165, 1.54) is 0 Å². The monoisotopic (exact) mass is 259 g/mol. The van der Waals surface area contributed by atoms with Crippen LogP contribution in [0.1, 0.15) is 47.1 Å². The Balaban J connectivity index is 2.60. The number of nitrogens with zero attached hydrogens (tertiary/aromatic N) is 1. The average Bonchev–Trinajstić information content (AvgIpc) is 2.77. The van der Waals surface area contributed by atoms with Crippen LogP contribution in [0.4, 0.5) is 0 Å². The number of carboxylic acid groups (broad SMARTS) is 1. The van der Waals surface area contributed by atoms with Crippen LogP contribution in [0, 0.1) is 13.8 Å². The summed E-state index contributed by atoms with van der Waals surface area (Å²) in [6.07, 6.45) is 0. The standard InChI is InChI=1S/C15H17NO3/c1-8(2)12-13(15(17)18)19-14(16-12)11-7-9(3)5-6-10(11)4/h5-8H,1-4H3,(H,17,18). The van der Waals surface area contributed by atoms with E-state index < -0.39 is 5.97 Å². The molecule has 2 aromatic rings. The first-order valence-electron chi connectivity index (χ1n) is 6.21. The molecule has 0 unspecified atom stereocenters. The second-order valence-electron chi connectivity index (χ2n) is 5.01. The van der Waals surface area contributed by atoms with Gasteiger partial charge in [0.05, 0.1) is 5.69 Å². The largest absolute Gasteiger partial charge is 0.475 e. The molecule has 19 heavy (non-hydrogen) atoms. The van der Waals surface area contributed by atoms with Crippen LogP contribution in [-0.4, -0.2) is 16.1 Å². The Kier molecular flexibility index (Phi) is 3.42. The van der Waals surface area contributed by atoms with E-state index in [2.05, 4.69) is 4.98 Å². The third kappa shape index (κ3) is 2.52. The molecule has 1 aromatic heterocycles. The summed E-state index contributed by atoms with van der Waals surface area (Å²) in [5.41, 5.74) is 3.43. The highest BCUT2D eigenvalue weighted by Crippen LogP contribution is 2.29. The van der Waals surface area contributed by atoms with Crippen molar-refractivity contribution in [1.29, 1.82) is 0 Å². The molecule has 0 aliphatic heterocycles. The van der Waals surface area contributed by atoms with Crippen molar-refractivity contribution in [3.8, 4) is 11.5 Å². The quantitative estimate of drug-likeness (QED) is 0.911. The van der Waals surface area contributed by atoms with Crippen LogP contribution in [0.2, 0.25) is 0 Å². The maximum absolute atomic E-state index is 11.2. The van der Waals surface area contributed by atoms with Crippen molar-refractivity contribution in [2.45, 2.75) is 33.6 Å². The third-order valence-corrected chi connectivity index (χ3v) is 3.02. The fourth-order valence-electron chi connectivity index (χ4n) is 1.96. The van der Waals surface area contributed by atoms with Crippen molar-refractivity contribution < 1.29 is 14.3 Å². The minimum Gasteiger partial charge on any atom is -0.475 e. The van der Waals surface area contributed by atoms with Crippen molar-refractivity contribution in [3.05, 3.63) is 40.8 Å². The van der Waals surface area contributed by atoms with Crippen LogP contribution in [0.3, 0.4) is 0 Å². The van der Waals surface area contributed by atoms with E-state index in [0.717, 1.165) is 16.7 Å². The van der Waals surface area contributed by atoms with E-state index in [1.807, 2.05) is 45.9 Å². The van der Waals surface area contributed by atoms with Gasteiger partial charge in [0.2, 0.25) is 11.7 Å². The molecule has 0 radical (unpaired) electrons. The van der Waals surface area contributed by atoms with Crippen LogP contribution in [0.15, 0.2) is 22.6 Å². The van der Waals surface area contributed by atoms with Gasteiger partial charge in [0.1, 0.15) is 0 Å². The molecule has 1 aromatic carbocycles. The summed E-state index contributed by atoms with van der Waals surface area (Å²) in [6, 6.07) is 5.94. The van der Waals surface area contributed by atoms with E-state index in [1.54, 1.807) is 0 Å². The van der Waals surface area contributed by atoms with Crippen LogP contribution in [-0.2, 0) is 0 Å². The predicted octanol–water partition coefficient (Wildman–Crippen LogP) is 3.78. The predicted molar refractivity (Wildman–Crippen MR) is 72.5 cm³/mol. The molecule has 0 spiro atoms. The third-order valence-electron chi connectivity index (χ3n) is 3.02. The number of hydrogen-bond acceptors (Lipinski definition) is 3. The summed E-state index contributed by atoms with van der Waals surface area (Å²) in [4.78, 5) is 15.5. The molecule has 1 heterocycles. The number of rotatable bonds is 3. The van der Waals surface area contributed by atoms with Gasteiger partial charge in [-0.1, -0.05) is 31.5 Å². The Morgan fingerprint density at radius 2 is 2.00 bits per heavy atom. The minimum atomic E-state index is -1.08. The van der Waals surface area contributed by atoms with Crippen molar-refractivity contribution in [3.63, 3.8) is 0 Å². The minimum absolute atomic E-state index is 0.00807. The zero-order chi connectivity index (χ0) is 14.2. The topological polar surface area (TPSA) is 63.3 Å². The van der Waals surface area contributed by atoms with Crippen molar-refractivity contribution >= 4 is 5.97 Å². The normalized spacial score (nSPS) is 11.0. The van der Waals surface area contributed by atoms with Crippen LogP contribution >= 0.6 is 0 Å². The van der Waals surface area contributed by atoms with E-state index in [0.29, 0.717) is 11.6 Å². The maximum Gasteiger partial charge on any atom is 0.373 e. The number of benzene rings is 1. The van der Waals surface area contributed by atoms with E-state index in [9.17, 15) is 4.79 Å². The van der Waals surface area contributed by atoms with Gasteiger partial charge >= 0.3 is 5.97 Å². The molecule has 0 aliphatic rings. The molecular formula is C15H17NO3. The molecule has 2 rings (SSSR count). The van der Waals surface area contributed by atoms with Crippen LogP contribution < -0.4 is 0 Å². The summed E-state index contributed by atoms with van der Waals surface area (Å²) in [5.74, 6) is -0.755. The van der Waals surface area contributed by atoms with E-state index in [-0.39, 0.29) is 11.7 Å². The summed E-state index contributed by atoms with van der Waals surface area (Å²) in [7, 11) is 0. The summed E-state index contributed by atoms with van der Waals surface area (Å²) in [5, 5.41) is 9.16. The van der Waals surface area contributed by atoms with Crippen molar-refractivity contribution in [2.24, 2.45) is 0 Å². The lowest BCUT2D eigenvalue weighted by Gasteiger charge is -2.02. The Morgan fingerprint density at radius 1 is 1.32 bits per heavy atom. The molecule has 4 heteroatoms. The molecule has 1 N–H and O–H groups in total. The average molecular weight is 259 g/mol. The van der Waals surface area contributed by atoms with Gasteiger partial charge in [-0.3, -0.25) is 0 Å². The second kappa shape index (κ2) is 4.88. The van der Waals surface area contributed by atoms with Crippen LogP contribution in [0.5, 0.6) is 0 Å². The molecule has 0 saturated heterocycles. The number of aromatic carboxylic acids is 1. The Bertz CT molecular complexity index is 626. The first kappa shape index (κ1) is 13.3. The lowest BCUT2D eigenvalue weighted by Crippen LogP contribution is -2.01. The van der Waals surface area contributed by atoms with Gasteiger partial charge in [0.15, 0.2) is 0 Å². The lowest BCUT2D eigenvalue weighted by molar-refractivity contribution is 0.0661. The molecular weight excluding hydrogens is 242 g/mol. The number of carboxylic acids is 1. The van der Waals surface area contributed by atoms with Gasteiger partial charge in [-0.15, -0.1) is 0 Å². The van der Waals surface area contributed by atoms with E-state index >= 15 is 0 Å². The molecule has 0 fully saturated rings. The maximum atomic E-state index is 11.2. The molecule has 100 valence electrons. The Morgan fingerprint density at radius 3 is 2.53 bits per heavy atom. The van der Waals surface area contributed by atoms with Gasteiger partial charge in [-0.05, 0) is 31.4 Å². The van der Waals surface area contributed by atoms with Crippen molar-refractivity contribution in [1.82, 2.24) is 4.98 Å². The highest BCUT2D eigenvalue weighted by Gasteiger charge is 2.23. The Labute approximate surface area is 112 Å². The fraction of sp³-hybridized carbons (Fsp3) is 0.333. The van der Waals surface area contributed by atoms with E-state index in [4.69, 9.17) is 9.52 Å². The molecule has 0 bridgehead atoms. The molecule has 0 saturated carbocycles. The van der Waals surface area contributed by atoms with Gasteiger partial charge in [0, 0.05) is 5.56 Å². The number of aromatic nitrogens is 1. The molecule has 0 amide bonds. The van der Waals surface area contributed by atoms with Crippen LogP contribution in [0.25, 0.3) is 11.5 Å².